The van der Waals surface area contributed by atoms with Crippen molar-refractivity contribution in [3.05, 3.63) is 54.2 Å². The Balaban J connectivity index is 1.59. The van der Waals surface area contributed by atoms with Crippen LogP contribution in [-0.2, 0) is 104 Å². The van der Waals surface area contributed by atoms with Gasteiger partial charge >= 0.3 is 0 Å². The molecule has 17 amide bonds. The number of aromatic amines is 2. The zero-order valence-corrected chi connectivity index (χ0v) is 66.3. The number of H-pyrrole nitrogens is 2. The Labute approximate surface area is 660 Å². The fraction of sp³-hybridized carbons (Fsp3) is 0.594. The topological polar surface area (TPSA) is 629 Å². The first kappa shape index (κ1) is 96.7. The normalized spacial score (nSPS) is 13.8. The van der Waals surface area contributed by atoms with Crippen LogP contribution in [0.2, 0.25) is 0 Å². The Morgan fingerprint density at radius 3 is 1.71 bits per heavy atom. The number of fused-ring (bicyclic) bond motifs is 1. The number of nitrogens with one attached hydrogen (secondary N) is 17. The number of amides is 17. The van der Waals surface area contributed by atoms with Crippen LogP contribution in [0.15, 0.2) is 43.0 Å². The number of benzene rings is 1. The Kier molecular flexibility index (Phi) is 44.4. The molecule has 2 aromatic heterocycles. The molecule has 0 saturated heterocycles. The Bertz CT molecular complexity index is 3680. The molecule has 44 heteroatoms. The summed E-state index contributed by atoms with van der Waals surface area (Å²) in [6.07, 6.45) is 5.31. The van der Waals surface area contributed by atoms with Gasteiger partial charge in [0.05, 0.1) is 71.4 Å². The maximum absolute atomic E-state index is 14.4. The molecule has 10 atom stereocenters. The molecule has 628 valence electrons. The average Bonchev–Trinajstić information content (AvgIpc) is 1.70. The lowest BCUT2D eigenvalue weighted by molar-refractivity contribution is -0.135. The van der Waals surface area contributed by atoms with Gasteiger partial charge in [-0.2, -0.15) is 11.8 Å². The van der Waals surface area contributed by atoms with E-state index in [0.717, 1.165) is 11.8 Å². The van der Waals surface area contributed by atoms with Gasteiger partial charge in [0.25, 0.3) is 0 Å². The quantitative estimate of drug-likeness (QED) is 0.0184. The van der Waals surface area contributed by atoms with E-state index >= 15 is 0 Å². The number of imidazole rings is 1. The second-order valence-corrected chi connectivity index (χ2v) is 28.9. The number of carbonyl (C=O) groups excluding carboxylic acids is 17. The van der Waals surface area contributed by atoms with E-state index in [1.165, 1.54) is 43.0 Å². The van der Waals surface area contributed by atoms with Crippen LogP contribution in [-0.4, -0.2) is 301 Å². The monoisotopic (exact) mass is 1630 g/mol. The third-order valence-corrected chi connectivity index (χ3v) is 17.8. The van der Waals surface area contributed by atoms with Crippen LogP contribution in [0.25, 0.3) is 10.9 Å². The molecule has 0 unspecified atom stereocenters. The summed E-state index contributed by atoms with van der Waals surface area (Å²) in [7, 11) is 3.24. The number of nitrogens with zero attached hydrogens (tertiary/aromatic N) is 2. The van der Waals surface area contributed by atoms with Crippen molar-refractivity contribution in [2.75, 3.05) is 110 Å². The first-order valence-corrected chi connectivity index (χ1v) is 38.6. The molecule has 3 aromatic rings. The number of aromatic nitrogens is 3. The number of aliphatic hydroxyl groups excluding tert-OH is 2. The molecule has 1 aromatic carbocycles. The maximum atomic E-state index is 14.4. The van der Waals surface area contributed by atoms with E-state index in [-0.39, 0.29) is 82.0 Å². The highest BCUT2D eigenvalue weighted by molar-refractivity contribution is 7.99. The molecule has 23 N–H and O–H groups in total. The number of nitrogens with two attached hydrogens (primary N) is 2. The zero-order valence-electron chi connectivity index (χ0n) is 64.6. The van der Waals surface area contributed by atoms with E-state index in [1.807, 2.05) is 20.1 Å². The highest BCUT2D eigenvalue weighted by Crippen LogP contribution is 2.20. The highest BCUT2D eigenvalue weighted by Gasteiger charge is 2.35. The van der Waals surface area contributed by atoms with Crippen LogP contribution in [0.4, 0.5) is 0 Å². The van der Waals surface area contributed by atoms with Gasteiger partial charge < -0.3 is 126 Å². The summed E-state index contributed by atoms with van der Waals surface area (Å²) in [5.41, 5.74) is 12.6. The van der Waals surface area contributed by atoms with Crippen LogP contribution < -0.4 is 91.2 Å². The van der Waals surface area contributed by atoms with Crippen molar-refractivity contribution < 1.29 is 101 Å². The summed E-state index contributed by atoms with van der Waals surface area (Å²) in [6, 6.07) is -6.66. The minimum Gasteiger partial charge on any atom is -0.394 e. The van der Waals surface area contributed by atoms with Crippen LogP contribution in [0, 0.1) is 11.8 Å². The largest absolute Gasteiger partial charge is 0.394 e. The number of hydrogen-bond acceptors (Lipinski definition) is 25. The standard InChI is InChI=1S/C69H109N21O21S2/c1-37(2)22-47(66(106)85-45(60(71)100)16-21-112-9)86-67(107)49(24-42-26-72-35-78-42)82-56(97)29-77-69(109)59(38(3)4)89-61(101)39(5)80-65(105)48(23-41-25-74-44-13-11-10-12-43(41)44)87-64(104)46(14-15-53(70)94)81-55(96)28-76-62(102)50(31-91)84-58(99)33-111-20-19-110-18-17-73-54(95)27-75-63(103)52(34-113-36-79-40(6)93)88-68(108)51(32-92)83-57(98)30-90(7)8/h10-13,25-26,35,37-39,45-52,59,74,91-92H,14-24,27-34,36H2,1-9H3,(H2,70,94)(H2,71,100)(H,72,78)(H,73,95)(H,75,103)(H,76,102)(H,77,109)(H,79,93)(H,80,105)(H,81,96)(H,82,97)(H,83,98)(H,84,99)(H,85,106)(H,86,107)(H,87,104)(H,88,108)(H,89,101)/t39-,45-,46-,47-,48-,49-,50-,51-,52-,59-/m0/s1. The second kappa shape index (κ2) is 51.9. The van der Waals surface area contributed by atoms with Crippen molar-refractivity contribution in [2.24, 2.45) is 23.3 Å². The molecule has 0 bridgehead atoms. The van der Waals surface area contributed by atoms with Gasteiger partial charge in [0.2, 0.25) is 100 Å². The van der Waals surface area contributed by atoms with Crippen molar-refractivity contribution in [1.29, 1.82) is 0 Å². The lowest BCUT2D eigenvalue weighted by atomic mass is 10.0. The summed E-state index contributed by atoms with van der Waals surface area (Å²) in [6.45, 7) is 4.48. The molecule has 0 saturated carbocycles. The third-order valence-electron chi connectivity index (χ3n) is 16.2. The molecule has 0 spiro atoms. The summed E-state index contributed by atoms with van der Waals surface area (Å²) >= 11 is 2.52. The van der Waals surface area contributed by atoms with Gasteiger partial charge in [-0.1, -0.05) is 45.9 Å². The minimum atomic E-state index is -1.62. The van der Waals surface area contributed by atoms with Gasteiger partial charge in [0, 0.05) is 67.5 Å². The van der Waals surface area contributed by atoms with Crippen molar-refractivity contribution >= 4 is 135 Å². The lowest BCUT2D eigenvalue weighted by Crippen LogP contribution is -2.59. The Morgan fingerprint density at radius 1 is 0.549 bits per heavy atom. The number of likely N-dealkylation sites (N-methyl/N-ethyl adjacent to an activating group) is 1. The second-order valence-electron chi connectivity index (χ2n) is 26.9. The first-order valence-electron chi connectivity index (χ1n) is 36.1. The zero-order chi connectivity index (χ0) is 84.3. The number of carbonyl (C=O) groups is 17. The molecule has 0 aliphatic heterocycles. The summed E-state index contributed by atoms with van der Waals surface area (Å²) < 4.78 is 10.7. The number of para-hydroxylation sites is 1. The summed E-state index contributed by atoms with van der Waals surface area (Å²) in [5, 5.41) is 57.5. The molecular formula is C69H109N21O21S2. The predicted octanol–water partition coefficient (Wildman–Crippen LogP) is -8.38. The molecule has 3 rings (SSSR count). The number of ether oxygens (including phenoxy) is 2. The van der Waals surface area contributed by atoms with E-state index in [4.69, 9.17) is 20.9 Å². The van der Waals surface area contributed by atoms with Crippen molar-refractivity contribution in [3.63, 3.8) is 0 Å². The molecule has 113 heavy (non-hydrogen) atoms. The predicted molar refractivity (Wildman–Crippen MR) is 412 cm³/mol. The molecule has 2 heterocycles. The summed E-state index contributed by atoms with van der Waals surface area (Å²) in [4.78, 5) is 235. The highest BCUT2D eigenvalue weighted by atomic mass is 32.2. The lowest BCUT2D eigenvalue weighted by Gasteiger charge is -2.26. The number of rotatable bonds is 55. The average molecular weight is 1630 g/mol. The molecule has 42 nitrogen and oxygen atoms in total. The SMILES string of the molecule is CSCC[C@H](NC(=O)[C@H](CC(C)C)NC(=O)[C@H](Cc1cnc[nH]1)NC(=O)CNC(=O)[C@@H](NC(=O)[C@H](C)NC(=O)[C@H](Cc1c[nH]c2ccccc12)NC(=O)[C@H](CCC(N)=O)NC(=O)CNC(=O)[C@H](CO)NC(=O)COCCOCCNC(=O)CNC(=O)[C@H](CSCNC(C)=O)NC(=O)[C@H](CO)NC(=O)CN(C)C)C(C)C)C(N)=O. The van der Waals surface area contributed by atoms with Gasteiger partial charge in [-0.15, -0.1) is 11.8 Å². The number of hydrogen-bond donors (Lipinski definition) is 21. The molecule has 0 aliphatic rings. The van der Waals surface area contributed by atoms with Crippen LogP contribution in [0.3, 0.4) is 0 Å². The Hall–Kier alpha value is -10.5. The van der Waals surface area contributed by atoms with E-state index in [0.29, 0.717) is 27.9 Å². The van der Waals surface area contributed by atoms with Crippen LogP contribution >= 0.6 is 23.5 Å². The number of thioether (sulfide) groups is 2. The Morgan fingerprint density at radius 2 is 1.10 bits per heavy atom. The fourth-order valence-corrected chi connectivity index (χ4v) is 11.7. The van der Waals surface area contributed by atoms with E-state index in [2.05, 4.69) is 94.7 Å². The first-order chi connectivity index (χ1) is 53.5. The third kappa shape index (κ3) is 38.0. The van der Waals surface area contributed by atoms with Crippen LogP contribution in [0.1, 0.15) is 78.5 Å². The van der Waals surface area contributed by atoms with E-state index < -0.39 is 213 Å². The maximum Gasteiger partial charge on any atom is 0.246 e. The molecule has 0 radical (unpaired) electrons. The smallest absolute Gasteiger partial charge is 0.246 e. The minimum absolute atomic E-state index is 0.0451. The van der Waals surface area contributed by atoms with Gasteiger partial charge in [0.1, 0.15) is 67.0 Å². The van der Waals surface area contributed by atoms with Gasteiger partial charge in [0.15, 0.2) is 0 Å². The molecule has 0 fully saturated rings. The molecular weight excluding hydrogens is 1520 g/mol. The van der Waals surface area contributed by atoms with Crippen molar-refractivity contribution in [1.82, 2.24) is 99.6 Å². The van der Waals surface area contributed by atoms with Crippen molar-refractivity contribution in [2.45, 2.75) is 140 Å². The molecule has 0 aliphatic carbocycles. The fourth-order valence-electron chi connectivity index (χ4n) is 10.3. The number of aliphatic hydroxyl groups is 2. The van der Waals surface area contributed by atoms with Crippen LogP contribution in [0.5, 0.6) is 0 Å². The van der Waals surface area contributed by atoms with Crippen molar-refractivity contribution in [3.8, 4) is 0 Å². The van der Waals surface area contributed by atoms with E-state index in [9.17, 15) is 91.7 Å². The number of primary amides is 2. The van der Waals surface area contributed by atoms with Gasteiger partial charge in [-0.25, -0.2) is 4.98 Å². The van der Waals surface area contributed by atoms with E-state index in [1.54, 1.807) is 58.4 Å². The summed E-state index contributed by atoms with van der Waals surface area (Å²) in [5.74, 6) is -14.0. The van der Waals surface area contributed by atoms with Gasteiger partial charge in [-0.3, -0.25) is 81.5 Å². The van der Waals surface area contributed by atoms with Gasteiger partial charge in [-0.05, 0) is 75.8 Å².